The second kappa shape index (κ2) is 6.12. The zero-order valence-corrected chi connectivity index (χ0v) is 16.9. The van der Waals surface area contributed by atoms with E-state index in [4.69, 9.17) is 5.10 Å². The molecule has 0 aromatic carbocycles. The predicted molar refractivity (Wildman–Crippen MR) is 108 cm³/mol. The Labute approximate surface area is 164 Å². The van der Waals surface area contributed by atoms with Crippen LogP contribution in [0.3, 0.4) is 0 Å². The molecule has 0 radical (unpaired) electrons. The molecule has 1 saturated carbocycles. The molecule has 0 spiro atoms. The zero-order chi connectivity index (χ0) is 19.5. The van der Waals surface area contributed by atoms with E-state index in [1.165, 1.54) is 12.8 Å². The minimum Gasteiger partial charge on any atom is -0.352 e. The highest BCUT2D eigenvalue weighted by molar-refractivity contribution is 5.53. The number of likely N-dealkylation sites (N-methyl/N-ethyl adjacent to an activating group) is 1. The van der Waals surface area contributed by atoms with Crippen molar-refractivity contribution in [3.05, 3.63) is 36.0 Å². The molecule has 4 heterocycles. The van der Waals surface area contributed by atoms with Crippen molar-refractivity contribution in [3.8, 4) is 0 Å². The Kier molecular flexibility index (Phi) is 3.79. The van der Waals surface area contributed by atoms with Crippen molar-refractivity contribution in [1.82, 2.24) is 29.8 Å². The second-order valence-electron chi connectivity index (χ2n) is 8.94. The lowest BCUT2D eigenvalue weighted by molar-refractivity contribution is 0.481. The first kappa shape index (κ1) is 17.3. The summed E-state index contributed by atoms with van der Waals surface area (Å²) in [6, 6.07) is 4.44. The van der Waals surface area contributed by atoms with Gasteiger partial charge in [-0.3, -0.25) is 4.98 Å². The van der Waals surface area contributed by atoms with E-state index < -0.39 is 0 Å². The maximum absolute atomic E-state index is 4.82. The van der Waals surface area contributed by atoms with Gasteiger partial charge in [-0.05, 0) is 25.0 Å². The Morgan fingerprint density at radius 3 is 2.50 bits per heavy atom. The van der Waals surface area contributed by atoms with E-state index in [-0.39, 0.29) is 5.41 Å². The van der Waals surface area contributed by atoms with E-state index in [2.05, 4.69) is 57.8 Å². The van der Waals surface area contributed by atoms with Crippen molar-refractivity contribution in [1.29, 1.82) is 0 Å². The Morgan fingerprint density at radius 2 is 1.79 bits per heavy atom. The highest BCUT2D eigenvalue weighted by atomic mass is 15.4. The second-order valence-corrected chi connectivity index (χ2v) is 8.94. The molecule has 8 nitrogen and oxygen atoms in total. The number of rotatable bonds is 4. The number of hydrogen-bond donors (Lipinski definition) is 0. The fraction of sp³-hybridized carbons (Fsp3) is 0.550. The van der Waals surface area contributed by atoms with Gasteiger partial charge in [-0.25, -0.2) is 4.98 Å². The van der Waals surface area contributed by atoms with Crippen molar-refractivity contribution in [2.75, 3.05) is 29.9 Å². The third-order valence-electron chi connectivity index (χ3n) is 5.66. The Balaban J connectivity index is 1.34. The monoisotopic (exact) mass is 378 g/mol. The van der Waals surface area contributed by atoms with Crippen LogP contribution < -0.4 is 9.80 Å². The van der Waals surface area contributed by atoms with Crippen molar-refractivity contribution >= 4 is 17.3 Å². The van der Waals surface area contributed by atoms with Crippen molar-refractivity contribution in [3.63, 3.8) is 0 Å². The minimum absolute atomic E-state index is 0.103. The van der Waals surface area contributed by atoms with Gasteiger partial charge in [0.1, 0.15) is 5.82 Å². The van der Waals surface area contributed by atoms with Gasteiger partial charge in [0, 0.05) is 43.9 Å². The molecular formula is C20H26N8. The van der Waals surface area contributed by atoms with Crippen LogP contribution in [0, 0.1) is 0 Å². The average Bonchev–Trinajstić information content (AvgIpc) is 3.38. The van der Waals surface area contributed by atoms with Crippen LogP contribution in [-0.4, -0.2) is 56.0 Å². The molecule has 1 aliphatic heterocycles. The van der Waals surface area contributed by atoms with Crippen LogP contribution in [0.1, 0.15) is 51.0 Å². The predicted octanol–water partition coefficient (Wildman–Crippen LogP) is 2.41. The maximum atomic E-state index is 4.82. The SMILES string of the molecule is CN(c1nccnc1C1CC1)C1CN(c2ccc3nnc(C(C)(C)C)n3n2)C1. The van der Waals surface area contributed by atoms with Gasteiger partial charge in [-0.2, -0.15) is 4.52 Å². The minimum atomic E-state index is -0.103. The lowest BCUT2D eigenvalue weighted by Crippen LogP contribution is -2.59. The molecule has 0 unspecified atom stereocenters. The fourth-order valence-corrected chi connectivity index (χ4v) is 3.73. The van der Waals surface area contributed by atoms with E-state index in [1.807, 2.05) is 22.8 Å². The van der Waals surface area contributed by atoms with Crippen molar-refractivity contribution in [2.45, 2.75) is 51.0 Å². The van der Waals surface area contributed by atoms with E-state index in [1.54, 1.807) is 6.20 Å². The molecule has 28 heavy (non-hydrogen) atoms. The number of nitrogens with zero attached hydrogens (tertiary/aromatic N) is 8. The summed E-state index contributed by atoms with van der Waals surface area (Å²) in [6.45, 7) is 8.23. The standard InChI is InChI=1S/C20H26N8/c1-20(2,3)19-24-23-15-7-8-16(25-28(15)19)27-11-14(12-27)26(4)18-17(13-5-6-13)21-9-10-22-18/h7-10,13-14H,5-6,11-12H2,1-4H3. The molecule has 5 rings (SSSR count). The summed E-state index contributed by atoms with van der Waals surface area (Å²) in [6.07, 6.45) is 6.07. The quantitative estimate of drug-likeness (QED) is 0.690. The molecule has 2 fully saturated rings. The van der Waals surface area contributed by atoms with Crippen LogP contribution in [-0.2, 0) is 5.41 Å². The number of aromatic nitrogens is 6. The summed E-state index contributed by atoms with van der Waals surface area (Å²) in [5.74, 6) is 3.47. The lowest BCUT2D eigenvalue weighted by atomic mass is 9.96. The molecule has 8 heteroatoms. The third-order valence-corrected chi connectivity index (χ3v) is 5.66. The Morgan fingerprint density at radius 1 is 1.04 bits per heavy atom. The number of hydrogen-bond acceptors (Lipinski definition) is 7. The molecular weight excluding hydrogens is 352 g/mol. The highest BCUT2D eigenvalue weighted by Gasteiger charge is 2.36. The van der Waals surface area contributed by atoms with Crippen LogP contribution >= 0.6 is 0 Å². The van der Waals surface area contributed by atoms with Crippen molar-refractivity contribution < 1.29 is 0 Å². The lowest BCUT2D eigenvalue weighted by Gasteiger charge is -2.45. The molecule has 3 aromatic heterocycles. The normalized spacial score (nSPS) is 17.8. The fourth-order valence-electron chi connectivity index (χ4n) is 3.73. The Bertz CT molecular complexity index is 1010. The summed E-state index contributed by atoms with van der Waals surface area (Å²) in [5.41, 5.74) is 1.84. The summed E-state index contributed by atoms with van der Waals surface area (Å²) in [7, 11) is 2.13. The van der Waals surface area contributed by atoms with Gasteiger partial charge in [0.15, 0.2) is 17.3 Å². The molecule has 146 valence electrons. The van der Waals surface area contributed by atoms with Gasteiger partial charge < -0.3 is 9.80 Å². The largest absolute Gasteiger partial charge is 0.352 e. The molecule has 0 amide bonds. The third kappa shape index (κ3) is 2.87. The molecule has 3 aromatic rings. The van der Waals surface area contributed by atoms with E-state index in [9.17, 15) is 0 Å². The molecule has 0 atom stereocenters. The van der Waals surface area contributed by atoms with Gasteiger partial charge in [0.2, 0.25) is 0 Å². The first-order valence-electron chi connectivity index (χ1n) is 9.93. The molecule has 2 aliphatic rings. The summed E-state index contributed by atoms with van der Waals surface area (Å²) in [5, 5.41) is 13.4. The first-order valence-corrected chi connectivity index (χ1v) is 9.93. The highest BCUT2D eigenvalue weighted by Crippen LogP contribution is 2.42. The topological polar surface area (TPSA) is 75.3 Å². The molecule has 1 saturated heterocycles. The van der Waals surface area contributed by atoms with Gasteiger partial charge in [0.05, 0.1) is 11.7 Å². The van der Waals surface area contributed by atoms with E-state index in [0.29, 0.717) is 12.0 Å². The molecule has 0 bridgehead atoms. The van der Waals surface area contributed by atoms with Crippen LogP contribution in [0.4, 0.5) is 11.6 Å². The summed E-state index contributed by atoms with van der Waals surface area (Å²) in [4.78, 5) is 13.8. The van der Waals surface area contributed by atoms with Crippen molar-refractivity contribution in [2.24, 2.45) is 0 Å². The van der Waals surface area contributed by atoms with Crippen LogP contribution in [0.15, 0.2) is 24.5 Å². The van der Waals surface area contributed by atoms with E-state index in [0.717, 1.165) is 41.9 Å². The number of anilines is 2. The zero-order valence-electron chi connectivity index (χ0n) is 16.9. The van der Waals surface area contributed by atoms with Crippen LogP contribution in [0.2, 0.25) is 0 Å². The maximum Gasteiger partial charge on any atom is 0.178 e. The first-order chi connectivity index (χ1) is 13.4. The number of fused-ring (bicyclic) bond motifs is 1. The van der Waals surface area contributed by atoms with Crippen LogP contribution in [0.25, 0.3) is 5.65 Å². The molecule has 1 aliphatic carbocycles. The van der Waals surface area contributed by atoms with Gasteiger partial charge in [-0.1, -0.05) is 20.8 Å². The average molecular weight is 378 g/mol. The van der Waals surface area contributed by atoms with Gasteiger partial charge in [-0.15, -0.1) is 15.3 Å². The van der Waals surface area contributed by atoms with Gasteiger partial charge in [0.25, 0.3) is 0 Å². The summed E-state index contributed by atoms with van der Waals surface area (Å²) >= 11 is 0. The Hall–Kier alpha value is -2.77. The van der Waals surface area contributed by atoms with E-state index >= 15 is 0 Å². The van der Waals surface area contributed by atoms with Crippen LogP contribution in [0.5, 0.6) is 0 Å². The summed E-state index contributed by atoms with van der Waals surface area (Å²) < 4.78 is 1.88. The van der Waals surface area contributed by atoms with Gasteiger partial charge >= 0.3 is 0 Å². The molecule has 0 N–H and O–H groups in total. The smallest absolute Gasteiger partial charge is 0.178 e.